The average molecular weight is 156 g/mol. The molecule has 0 aliphatic rings. The zero-order valence-electron chi connectivity index (χ0n) is 6.36. The van der Waals surface area contributed by atoms with Crippen molar-refractivity contribution in [3.8, 4) is 6.07 Å². The lowest BCUT2D eigenvalue weighted by Gasteiger charge is -2.13. The fourth-order valence-corrected chi connectivity index (χ4v) is 0.685. The van der Waals surface area contributed by atoms with E-state index in [1.165, 1.54) is 4.90 Å². The molecule has 1 amide bonds. The average Bonchev–Trinajstić information content (AvgIpc) is 2.05. The highest BCUT2D eigenvalue weighted by Crippen LogP contribution is 1.88. The van der Waals surface area contributed by atoms with Crippen LogP contribution in [0.4, 0.5) is 0 Å². The van der Waals surface area contributed by atoms with Gasteiger partial charge in [-0.15, -0.1) is 0 Å². The van der Waals surface area contributed by atoms with Crippen molar-refractivity contribution in [2.75, 3.05) is 19.7 Å². The number of aliphatic hydroxyl groups excluding tert-OH is 1. The minimum atomic E-state index is 0.0803. The zero-order valence-corrected chi connectivity index (χ0v) is 6.36. The topological polar surface area (TPSA) is 64.3 Å². The van der Waals surface area contributed by atoms with E-state index < -0.39 is 0 Å². The van der Waals surface area contributed by atoms with E-state index in [0.29, 0.717) is 32.3 Å². The van der Waals surface area contributed by atoms with Crippen molar-refractivity contribution in [3.63, 3.8) is 0 Å². The molecule has 0 saturated heterocycles. The third kappa shape index (κ3) is 5.37. The van der Waals surface area contributed by atoms with Crippen LogP contribution in [0.2, 0.25) is 0 Å². The van der Waals surface area contributed by atoms with Crippen molar-refractivity contribution in [2.24, 2.45) is 0 Å². The Hall–Kier alpha value is -1.08. The first kappa shape index (κ1) is 9.92. The Morgan fingerprint density at radius 2 is 2.27 bits per heavy atom. The summed E-state index contributed by atoms with van der Waals surface area (Å²) in [4.78, 5) is 11.7. The molecule has 0 fully saturated rings. The first-order chi connectivity index (χ1) is 5.35. The molecule has 0 aromatic carbocycles. The molecule has 0 aliphatic heterocycles. The van der Waals surface area contributed by atoms with Crippen molar-refractivity contribution in [1.29, 1.82) is 5.26 Å². The van der Waals surface area contributed by atoms with E-state index in [1.807, 2.05) is 6.07 Å². The summed E-state index contributed by atoms with van der Waals surface area (Å²) in [5.41, 5.74) is 0. The Balaban J connectivity index is 3.42. The highest BCUT2D eigenvalue weighted by atomic mass is 16.3. The third-order valence-electron chi connectivity index (χ3n) is 1.26. The number of nitriles is 1. The summed E-state index contributed by atoms with van der Waals surface area (Å²) in [7, 11) is 0. The maximum absolute atomic E-state index is 10.3. The normalized spacial score (nSPS) is 8.73. The van der Waals surface area contributed by atoms with Gasteiger partial charge in [0, 0.05) is 19.7 Å². The van der Waals surface area contributed by atoms with E-state index in [9.17, 15) is 4.79 Å². The zero-order chi connectivity index (χ0) is 8.53. The number of carbonyl (C=O) groups excluding carboxylic acids is 1. The van der Waals surface area contributed by atoms with E-state index >= 15 is 0 Å². The molecule has 0 bridgehead atoms. The SMILES string of the molecule is N#CCCN(C=O)CCCO. The fourth-order valence-electron chi connectivity index (χ4n) is 0.685. The first-order valence-corrected chi connectivity index (χ1v) is 3.52. The summed E-state index contributed by atoms with van der Waals surface area (Å²) in [5.74, 6) is 0. The van der Waals surface area contributed by atoms with E-state index in [-0.39, 0.29) is 6.61 Å². The highest BCUT2D eigenvalue weighted by molar-refractivity contribution is 5.46. The van der Waals surface area contributed by atoms with Gasteiger partial charge in [0.25, 0.3) is 0 Å². The van der Waals surface area contributed by atoms with Crippen LogP contribution in [0, 0.1) is 11.3 Å². The molecule has 0 aliphatic carbocycles. The van der Waals surface area contributed by atoms with Gasteiger partial charge < -0.3 is 10.0 Å². The monoisotopic (exact) mass is 156 g/mol. The second kappa shape index (κ2) is 7.03. The molecule has 0 saturated carbocycles. The van der Waals surface area contributed by atoms with Gasteiger partial charge in [-0.2, -0.15) is 5.26 Å². The minimum absolute atomic E-state index is 0.0803. The Labute approximate surface area is 66.0 Å². The summed E-state index contributed by atoms with van der Waals surface area (Å²) in [6, 6.07) is 1.95. The largest absolute Gasteiger partial charge is 0.396 e. The van der Waals surface area contributed by atoms with Gasteiger partial charge in [0.15, 0.2) is 0 Å². The number of rotatable bonds is 6. The number of hydrogen-bond donors (Lipinski definition) is 1. The molecule has 1 N–H and O–H groups in total. The van der Waals surface area contributed by atoms with E-state index in [4.69, 9.17) is 10.4 Å². The summed E-state index contributed by atoms with van der Waals surface area (Å²) < 4.78 is 0. The quantitative estimate of drug-likeness (QED) is 0.539. The summed E-state index contributed by atoms with van der Waals surface area (Å²) in [6.45, 7) is 1.07. The predicted octanol–water partition coefficient (Wildman–Crippen LogP) is -0.259. The molecule has 0 aromatic rings. The van der Waals surface area contributed by atoms with Gasteiger partial charge >= 0.3 is 0 Å². The number of aliphatic hydroxyl groups is 1. The van der Waals surface area contributed by atoms with E-state index in [0.717, 1.165) is 0 Å². The minimum Gasteiger partial charge on any atom is -0.396 e. The van der Waals surface area contributed by atoms with Gasteiger partial charge in [0.1, 0.15) is 0 Å². The van der Waals surface area contributed by atoms with Gasteiger partial charge in [-0.25, -0.2) is 0 Å². The second-order valence-corrected chi connectivity index (χ2v) is 2.13. The lowest BCUT2D eigenvalue weighted by molar-refractivity contribution is -0.118. The van der Waals surface area contributed by atoms with Crippen LogP contribution in [-0.2, 0) is 4.79 Å². The summed E-state index contributed by atoms with van der Waals surface area (Å²) >= 11 is 0. The van der Waals surface area contributed by atoms with Gasteiger partial charge in [-0.3, -0.25) is 4.79 Å². The van der Waals surface area contributed by atoms with Crippen molar-refractivity contribution in [3.05, 3.63) is 0 Å². The molecule has 0 spiro atoms. The Kier molecular flexibility index (Phi) is 6.34. The number of nitrogens with zero attached hydrogens (tertiary/aromatic N) is 2. The Morgan fingerprint density at radius 3 is 2.73 bits per heavy atom. The van der Waals surface area contributed by atoms with Crippen LogP contribution < -0.4 is 0 Å². The van der Waals surface area contributed by atoms with Crippen molar-refractivity contribution in [1.82, 2.24) is 4.90 Å². The smallest absolute Gasteiger partial charge is 0.209 e. The van der Waals surface area contributed by atoms with Crippen molar-refractivity contribution in [2.45, 2.75) is 12.8 Å². The highest BCUT2D eigenvalue weighted by Gasteiger charge is 1.98. The fraction of sp³-hybridized carbons (Fsp3) is 0.714. The molecule has 0 heterocycles. The summed E-state index contributed by atoms with van der Waals surface area (Å²) in [5, 5.41) is 16.6. The van der Waals surface area contributed by atoms with Crippen LogP contribution in [0.1, 0.15) is 12.8 Å². The lowest BCUT2D eigenvalue weighted by Crippen LogP contribution is -2.24. The van der Waals surface area contributed by atoms with Gasteiger partial charge in [-0.05, 0) is 6.42 Å². The van der Waals surface area contributed by atoms with Crippen LogP contribution in [0.25, 0.3) is 0 Å². The first-order valence-electron chi connectivity index (χ1n) is 3.52. The van der Waals surface area contributed by atoms with Crippen LogP contribution in [0.3, 0.4) is 0 Å². The number of amides is 1. The standard InChI is InChI=1S/C7H12N2O2/c8-3-1-4-9(7-11)5-2-6-10/h7,10H,1-2,4-6H2. The van der Waals surface area contributed by atoms with Crippen LogP contribution in [-0.4, -0.2) is 36.1 Å². The van der Waals surface area contributed by atoms with Crippen LogP contribution in [0.15, 0.2) is 0 Å². The Bertz CT molecular complexity index is 142. The molecule has 11 heavy (non-hydrogen) atoms. The molecule has 0 atom stereocenters. The molecular formula is C7H12N2O2. The van der Waals surface area contributed by atoms with E-state index in [2.05, 4.69) is 0 Å². The maximum Gasteiger partial charge on any atom is 0.209 e. The number of hydrogen-bond acceptors (Lipinski definition) is 3. The van der Waals surface area contributed by atoms with Gasteiger partial charge in [0.2, 0.25) is 6.41 Å². The molecule has 0 radical (unpaired) electrons. The summed E-state index contributed by atoms with van der Waals surface area (Å²) in [6.07, 6.45) is 1.63. The van der Waals surface area contributed by atoms with E-state index in [1.54, 1.807) is 0 Å². The van der Waals surface area contributed by atoms with Gasteiger partial charge in [0.05, 0.1) is 12.5 Å². The van der Waals surface area contributed by atoms with Gasteiger partial charge in [-0.1, -0.05) is 0 Å². The molecule has 0 unspecified atom stereocenters. The number of carbonyl (C=O) groups is 1. The molecule has 0 aromatic heterocycles. The molecular weight excluding hydrogens is 144 g/mol. The van der Waals surface area contributed by atoms with Crippen LogP contribution >= 0.6 is 0 Å². The second-order valence-electron chi connectivity index (χ2n) is 2.13. The molecule has 4 heteroatoms. The van der Waals surface area contributed by atoms with Crippen molar-refractivity contribution < 1.29 is 9.90 Å². The Morgan fingerprint density at radius 1 is 1.55 bits per heavy atom. The molecule has 62 valence electrons. The molecule has 4 nitrogen and oxygen atoms in total. The van der Waals surface area contributed by atoms with Crippen LogP contribution in [0.5, 0.6) is 0 Å². The third-order valence-corrected chi connectivity index (χ3v) is 1.26. The van der Waals surface area contributed by atoms with Crippen molar-refractivity contribution >= 4 is 6.41 Å². The molecule has 0 rings (SSSR count). The predicted molar refractivity (Wildman–Crippen MR) is 39.6 cm³/mol. The lowest BCUT2D eigenvalue weighted by atomic mass is 10.4. The maximum atomic E-state index is 10.3.